The molecule has 2 fully saturated rings. The van der Waals surface area contributed by atoms with E-state index in [1.54, 1.807) is 11.3 Å². The zero-order valence-corrected chi connectivity index (χ0v) is 12.1. The maximum absolute atomic E-state index is 6.50. The molecule has 0 bridgehead atoms. The molecule has 0 saturated heterocycles. The van der Waals surface area contributed by atoms with Crippen molar-refractivity contribution in [1.29, 1.82) is 0 Å². The summed E-state index contributed by atoms with van der Waals surface area (Å²) in [6, 6.07) is 10.1. The highest BCUT2D eigenvalue weighted by Gasteiger charge is 2.47. The van der Waals surface area contributed by atoms with Crippen molar-refractivity contribution in [1.82, 2.24) is 10.2 Å². The van der Waals surface area contributed by atoms with Crippen LogP contribution in [0.25, 0.3) is 0 Å². The lowest BCUT2D eigenvalue weighted by atomic mass is 10.1. The number of fused-ring (bicyclic) bond motifs is 1. The highest BCUT2D eigenvalue weighted by Crippen LogP contribution is 2.57. The molecule has 2 aliphatic carbocycles. The topological polar surface area (TPSA) is 25.8 Å². The van der Waals surface area contributed by atoms with E-state index in [0.29, 0.717) is 5.92 Å². The fourth-order valence-corrected chi connectivity index (χ4v) is 4.49. The van der Waals surface area contributed by atoms with Gasteiger partial charge in [0.25, 0.3) is 0 Å². The molecule has 3 unspecified atom stereocenters. The van der Waals surface area contributed by atoms with E-state index < -0.39 is 0 Å². The fraction of sp³-hybridized carbons (Fsp3) is 0.467. The van der Waals surface area contributed by atoms with Gasteiger partial charge >= 0.3 is 0 Å². The van der Waals surface area contributed by atoms with Crippen LogP contribution in [0.15, 0.2) is 30.3 Å². The first kappa shape index (κ1) is 11.9. The first-order valence-corrected chi connectivity index (χ1v) is 8.09. The standard InChI is InChI=1S/C15H15ClN2S/c16-13(9-4-2-1-3-5-9)15-18-17-14(19-15)12-7-10-6-11(10)8-12/h1-5,10-13H,6-8H2. The number of hydrogen-bond donors (Lipinski definition) is 0. The highest BCUT2D eigenvalue weighted by molar-refractivity contribution is 7.11. The Morgan fingerprint density at radius 3 is 2.53 bits per heavy atom. The average molecular weight is 291 g/mol. The molecule has 2 aromatic rings. The second kappa shape index (κ2) is 4.57. The summed E-state index contributed by atoms with van der Waals surface area (Å²) in [5.74, 6) is 2.62. The van der Waals surface area contributed by atoms with Gasteiger partial charge in [0.15, 0.2) is 0 Å². The van der Waals surface area contributed by atoms with Gasteiger partial charge in [-0.2, -0.15) is 0 Å². The van der Waals surface area contributed by atoms with E-state index in [2.05, 4.69) is 10.2 Å². The minimum Gasteiger partial charge on any atom is -0.143 e. The summed E-state index contributed by atoms with van der Waals surface area (Å²) in [4.78, 5) is 0. The van der Waals surface area contributed by atoms with Gasteiger partial charge in [-0.15, -0.1) is 21.8 Å². The molecule has 3 atom stereocenters. The van der Waals surface area contributed by atoms with E-state index in [1.807, 2.05) is 30.3 Å². The molecule has 0 radical (unpaired) electrons. The van der Waals surface area contributed by atoms with Crippen molar-refractivity contribution in [2.24, 2.45) is 11.8 Å². The molecular weight excluding hydrogens is 276 g/mol. The van der Waals surface area contributed by atoms with Crippen molar-refractivity contribution in [3.8, 4) is 0 Å². The van der Waals surface area contributed by atoms with Gasteiger partial charge in [0, 0.05) is 5.92 Å². The van der Waals surface area contributed by atoms with Crippen molar-refractivity contribution < 1.29 is 0 Å². The van der Waals surface area contributed by atoms with Crippen molar-refractivity contribution >= 4 is 22.9 Å². The fourth-order valence-electron chi connectivity index (χ4n) is 3.19. The zero-order chi connectivity index (χ0) is 12.8. The Hall–Kier alpha value is -0.930. The summed E-state index contributed by atoms with van der Waals surface area (Å²) in [5, 5.41) is 10.7. The van der Waals surface area contributed by atoms with Gasteiger partial charge in [0.1, 0.15) is 15.4 Å². The van der Waals surface area contributed by atoms with Gasteiger partial charge in [-0.3, -0.25) is 0 Å². The zero-order valence-electron chi connectivity index (χ0n) is 10.5. The summed E-state index contributed by atoms with van der Waals surface area (Å²) in [6.45, 7) is 0. The van der Waals surface area contributed by atoms with E-state index in [4.69, 9.17) is 11.6 Å². The highest BCUT2D eigenvalue weighted by atomic mass is 35.5. The molecule has 0 aliphatic heterocycles. The summed E-state index contributed by atoms with van der Waals surface area (Å²) < 4.78 is 0. The van der Waals surface area contributed by atoms with Gasteiger partial charge in [0.2, 0.25) is 0 Å². The lowest BCUT2D eigenvalue weighted by molar-refractivity contribution is 0.614. The molecule has 0 amide bonds. The second-order valence-electron chi connectivity index (χ2n) is 5.68. The molecular formula is C15H15ClN2S. The molecule has 4 heteroatoms. The number of rotatable bonds is 3. The minimum atomic E-state index is -0.164. The Balaban J connectivity index is 1.54. The van der Waals surface area contributed by atoms with E-state index in [1.165, 1.54) is 24.3 Å². The Kier molecular flexibility index (Phi) is 2.85. The molecule has 1 aromatic carbocycles. The number of benzene rings is 1. The molecule has 1 heterocycles. The van der Waals surface area contributed by atoms with Crippen LogP contribution in [0.3, 0.4) is 0 Å². The minimum absolute atomic E-state index is 0.164. The second-order valence-corrected chi connectivity index (χ2v) is 7.15. The van der Waals surface area contributed by atoms with Crippen LogP contribution < -0.4 is 0 Å². The molecule has 0 N–H and O–H groups in total. The lowest BCUT2D eigenvalue weighted by Gasteiger charge is -2.06. The number of halogens is 1. The smallest absolute Gasteiger partial charge is 0.139 e. The van der Waals surface area contributed by atoms with Crippen LogP contribution in [0.5, 0.6) is 0 Å². The first-order valence-electron chi connectivity index (χ1n) is 6.83. The number of aromatic nitrogens is 2. The monoisotopic (exact) mass is 290 g/mol. The molecule has 4 rings (SSSR count). The molecule has 2 aliphatic rings. The van der Waals surface area contributed by atoms with Crippen molar-refractivity contribution in [2.45, 2.75) is 30.6 Å². The predicted octanol–water partition coefficient (Wildman–Crippen LogP) is 4.38. The third-order valence-electron chi connectivity index (χ3n) is 4.36. The van der Waals surface area contributed by atoms with Gasteiger partial charge in [-0.05, 0) is 36.7 Å². The number of alkyl halides is 1. The third-order valence-corrected chi connectivity index (χ3v) is 6.10. The lowest BCUT2D eigenvalue weighted by Crippen LogP contribution is -1.94. The van der Waals surface area contributed by atoms with E-state index in [0.717, 1.165) is 22.4 Å². The Labute approximate surface area is 121 Å². The van der Waals surface area contributed by atoms with Crippen LogP contribution in [0.4, 0.5) is 0 Å². The maximum Gasteiger partial charge on any atom is 0.139 e. The van der Waals surface area contributed by atoms with Crippen LogP contribution in [-0.2, 0) is 0 Å². The Bertz CT molecular complexity index is 573. The van der Waals surface area contributed by atoms with Crippen molar-refractivity contribution in [3.63, 3.8) is 0 Å². The average Bonchev–Trinajstić information content (AvgIpc) is 2.91. The third kappa shape index (κ3) is 2.19. The van der Waals surface area contributed by atoms with Crippen LogP contribution >= 0.6 is 22.9 Å². The Morgan fingerprint density at radius 2 is 1.79 bits per heavy atom. The summed E-state index contributed by atoms with van der Waals surface area (Å²) in [5.41, 5.74) is 1.10. The molecule has 2 nitrogen and oxygen atoms in total. The quantitative estimate of drug-likeness (QED) is 0.784. The normalized spacial score (nSPS) is 30.1. The molecule has 2 saturated carbocycles. The van der Waals surface area contributed by atoms with E-state index in [9.17, 15) is 0 Å². The SMILES string of the molecule is ClC(c1ccccc1)c1nnc(C2CC3CC3C2)s1. The predicted molar refractivity (Wildman–Crippen MR) is 77.6 cm³/mol. The molecule has 0 spiro atoms. The molecule has 1 aromatic heterocycles. The number of nitrogens with zero attached hydrogens (tertiary/aromatic N) is 2. The summed E-state index contributed by atoms with van der Waals surface area (Å²) in [7, 11) is 0. The molecule has 19 heavy (non-hydrogen) atoms. The largest absolute Gasteiger partial charge is 0.143 e. The van der Waals surface area contributed by atoms with Gasteiger partial charge in [-0.25, -0.2) is 0 Å². The Morgan fingerprint density at radius 1 is 1.05 bits per heavy atom. The van der Waals surface area contributed by atoms with Crippen LogP contribution in [-0.4, -0.2) is 10.2 Å². The van der Waals surface area contributed by atoms with Crippen LogP contribution in [0, 0.1) is 11.8 Å². The van der Waals surface area contributed by atoms with Gasteiger partial charge in [-0.1, -0.05) is 41.7 Å². The number of hydrogen-bond acceptors (Lipinski definition) is 3. The maximum atomic E-state index is 6.50. The van der Waals surface area contributed by atoms with E-state index in [-0.39, 0.29) is 5.38 Å². The van der Waals surface area contributed by atoms with Gasteiger partial charge in [0.05, 0.1) is 0 Å². The summed E-state index contributed by atoms with van der Waals surface area (Å²) in [6.07, 6.45) is 4.08. The van der Waals surface area contributed by atoms with Crippen molar-refractivity contribution in [2.75, 3.05) is 0 Å². The van der Waals surface area contributed by atoms with E-state index >= 15 is 0 Å². The molecule has 98 valence electrons. The van der Waals surface area contributed by atoms with Crippen LogP contribution in [0.1, 0.15) is 46.1 Å². The van der Waals surface area contributed by atoms with Crippen molar-refractivity contribution in [3.05, 3.63) is 45.9 Å². The van der Waals surface area contributed by atoms with Crippen LogP contribution in [0.2, 0.25) is 0 Å². The van der Waals surface area contributed by atoms with Gasteiger partial charge < -0.3 is 0 Å². The first-order chi connectivity index (χ1) is 9.31. The summed E-state index contributed by atoms with van der Waals surface area (Å²) >= 11 is 8.20.